The van der Waals surface area contributed by atoms with Crippen LogP contribution in [-0.2, 0) is 32.3 Å². The number of rotatable bonds is 6. The summed E-state index contributed by atoms with van der Waals surface area (Å²) in [4.78, 5) is 40.4. The molecule has 1 aliphatic carbocycles. The minimum Gasteiger partial charge on any atom is -0.373 e. The molecule has 0 spiro atoms. The standard InChI is InChI=1S/C24H26N4O4/c29-22-9-8-20(23(30)26-22)28-13-19-18(24(28)31)2-1-3-21(19)32-14-17-6-4-16(5-7-17)12-27-11-10-25-15-27/h1-2,4-7,10-11,20-21,25H,3,8-9,12-15H2,(H,26,29,30). The average molecular weight is 434 g/mol. The van der Waals surface area contributed by atoms with E-state index in [9.17, 15) is 14.4 Å². The first-order valence-electron chi connectivity index (χ1n) is 11.0. The largest absolute Gasteiger partial charge is 0.373 e. The minimum absolute atomic E-state index is 0.158. The van der Waals surface area contributed by atoms with Gasteiger partial charge in [0.2, 0.25) is 11.8 Å². The Kier molecular flexibility index (Phi) is 5.53. The van der Waals surface area contributed by atoms with Crippen LogP contribution in [0.4, 0.5) is 0 Å². The van der Waals surface area contributed by atoms with Gasteiger partial charge in [0.05, 0.1) is 19.4 Å². The van der Waals surface area contributed by atoms with Crippen molar-refractivity contribution in [1.82, 2.24) is 20.4 Å². The van der Waals surface area contributed by atoms with Gasteiger partial charge >= 0.3 is 0 Å². The molecule has 2 atom stereocenters. The molecule has 4 aliphatic rings. The molecular formula is C24H26N4O4. The molecule has 0 bridgehead atoms. The summed E-state index contributed by atoms with van der Waals surface area (Å²) in [7, 11) is 0. The van der Waals surface area contributed by atoms with Gasteiger partial charge in [-0.05, 0) is 29.5 Å². The molecule has 2 N–H and O–H groups in total. The summed E-state index contributed by atoms with van der Waals surface area (Å²) in [5, 5.41) is 5.50. The zero-order valence-electron chi connectivity index (χ0n) is 17.8. The molecule has 2 unspecified atom stereocenters. The topological polar surface area (TPSA) is 91.0 Å². The van der Waals surface area contributed by atoms with E-state index < -0.39 is 11.9 Å². The van der Waals surface area contributed by atoms with Gasteiger partial charge in [-0.15, -0.1) is 0 Å². The molecule has 3 amide bonds. The second-order valence-electron chi connectivity index (χ2n) is 8.52. The highest BCUT2D eigenvalue weighted by molar-refractivity contribution is 6.06. The van der Waals surface area contributed by atoms with Crippen molar-refractivity contribution in [3.05, 3.63) is 71.1 Å². The number of carbonyl (C=O) groups excluding carboxylic acids is 3. The Bertz CT molecular complexity index is 1030. The molecule has 166 valence electrons. The van der Waals surface area contributed by atoms with Crippen LogP contribution in [0.3, 0.4) is 0 Å². The lowest BCUT2D eigenvalue weighted by atomic mass is 9.97. The van der Waals surface area contributed by atoms with E-state index in [1.54, 1.807) is 4.90 Å². The first-order valence-corrected chi connectivity index (χ1v) is 11.0. The second kappa shape index (κ2) is 8.63. The Morgan fingerprint density at radius 2 is 1.91 bits per heavy atom. The highest BCUT2D eigenvalue weighted by atomic mass is 16.5. The molecule has 1 fully saturated rings. The Balaban J connectivity index is 1.21. The van der Waals surface area contributed by atoms with Crippen molar-refractivity contribution in [3.63, 3.8) is 0 Å². The highest BCUT2D eigenvalue weighted by Gasteiger charge is 2.42. The summed E-state index contributed by atoms with van der Waals surface area (Å²) < 4.78 is 6.21. The van der Waals surface area contributed by atoms with Gasteiger partial charge in [-0.1, -0.05) is 36.4 Å². The van der Waals surface area contributed by atoms with Gasteiger partial charge in [0, 0.05) is 37.5 Å². The third-order valence-corrected chi connectivity index (χ3v) is 6.34. The number of hydrogen-bond donors (Lipinski definition) is 2. The van der Waals surface area contributed by atoms with Crippen LogP contribution >= 0.6 is 0 Å². The highest BCUT2D eigenvalue weighted by Crippen LogP contribution is 2.33. The fourth-order valence-corrected chi connectivity index (χ4v) is 4.60. The van der Waals surface area contributed by atoms with Gasteiger partial charge in [-0.3, -0.25) is 19.7 Å². The molecule has 1 saturated heterocycles. The molecule has 1 aromatic carbocycles. The van der Waals surface area contributed by atoms with Crippen molar-refractivity contribution in [2.45, 2.75) is 44.6 Å². The van der Waals surface area contributed by atoms with Crippen LogP contribution in [0, 0.1) is 0 Å². The predicted molar refractivity (Wildman–Crippen MR) is 116 cm³/mol. The minimum atomic E-state index is -0.604. The molecule has 3 heterocycles. The number of hydrogen-bond acceptors (Lipinski definition) is 6. The third-order valence-electron chi connectivity index (χ3n) is 6.34. The number of nitrogens with one attached hydrogen (secondary N) is 2. The molecule has 0 radical (unpaired) electrons. The van der Waals surface area contributed by atoms with Gasteiger partial charge in [0.15, 0.2) is 0 Å². The van der Waals surface area contributed by atoms with Crippen LogP contribution in [0.5, 0.6) is 0 Å². The molecule has 32 heavy (non-hydrogen) atoms. The zero-order chi connectivity index (χ0) is 22.1. The van der Waals surface area contributed by atoms with Gasteiger partial charge in [0.1, 0.15) is 6.04 Å². The van der Waals surface area contributed by atoms with Crippen LogP contribution < -0.4 is 10.6 Å². The zero-order valence-corrected chi connectivity index (χ0v) is 17.8. The van der Waals surface area contributed by atoms with Gasteiger partial charge < -0.3 is 19.9 Å². The summed E-state index contributed by atoms with van der Waals surface area (Å²) in [5.41, 5.74) is 3.85. The fraction of sp³-hybridized carbons (Fsp3) is 0.375. The molecule has 3 aliphatic heterocycles. The van der Waals surface area contributed by atoms with Gasteiger partial charge in [-0.2, -0.15) is 0 Å². The van der Waals surface area contributed by atoms with Crippen LogP contribution in [0.2, 0.25) is 0 Å². The second-order valence-corrected chi connectivity index (χ2v) is 8.52. The quantitative estimate of drug-likeness (QED) is 0.656. The van der Waals surface area contributed by atoms with E-state index >= 15 is 0 Å². The lowest BCUT2D eigenvalue weighted by Gasteiger charge is -2.30. The van der Waals surface area contributed by atoms with E-state index in [2.05, 4.69) is 39.8 Å². The third kappa shape index (κ3) is 4.05. The smallest absolute Gasteiger partial charge is 0.254 e. The first kappa shape index (κ1) is 20.5. The van der Waals surface area contributed by atoms with E-state index in [0.717, 1.165) is 24.4 Å². The number of carbonyl (C=O) groups is 3. The lowest BCUT2D eigenvalue weighted by Crippen LogP contribution is -2.53. The number of ether oxygens (including phenoxy) is 1. The van der Waals surface area contributed by atoms with Crippen LogP contribution in [0.15, 0.2) is 60.0 Å². The molecule has 8 heteroatoms. The molecule has 1 aromatic rings. The van der Waals surface area contributed by atoms with Gasteiger partial charge in [0.25, 0.3) is 5.91 Å². The van der Waals surface area contributed by atoms with E-state index in [1.807, 2.05) is 24.6 Å². The lowest BCUT2D eigenvalue weighted by molar-refractivity contribution is -0.142. The summed E-state index contributed by atoms with van der Waals surface area (Å²) in [6.45, 7) is 2.50. The van der Waals surface area contributed by atoms with E-state index in [1.165, 1.54) is 5.56 Å². The summed E-state index contributed by atoms with van der Waals surface area (Å²) in [6, 6.07) is 7.77. The van der Waals surface area contributed by atoms with E-state index in [-0.39, 0.29) is 24.3 Å². The maximum absolute atomic E-state index is 12.9. The maximum atomic E-state index is 12.9. The molecule has 0 saturated carbocycles. The first-order chi connectivity index (χ1) is 15.6. The van der Waals surface area contributed by atoms with Crippen molar-refractivity contribution < 1.29 is 19.1 Å². The number of nitrogens with zero attached hydrogens (tertiary/aromatic N) is 2. The van der Waals surface area contributed by atoms with Crippen LogP contribution in [0.25, 0.3) is 0 Å². The van der Waals surface area contributed by atoms with Crippen molar-refractivity contribution in [2.75, 3.05) is 13.2 Å². The number of benzene rings is 1. The number of piperidine rings is 1. The predicted octanol–water partition coefficient (Wildman–Crippen LogP) is 1.31. The Hall–Kier alpha value is -3.39. The van der Waals surface area contributed by atoms with Gasteiger partial charge in [-0.25, -0.2) is 0 Å². The Labute approximate surface area is 186 Å². The monoisotopic (exact) mass is 434 g/mol. The average Bonchev–Trinajstić information content (AvgIpc) is 3.42. The summed E-state index contributed by atoms with van der Waals surface area (Å²) in [6.07, 6.45) is 8.89. The van der Waals surface area contributed by atoms with Crippen molar-refractivity contribution in [3.8, 4) is 0 Å². The van der Waals surface area contributed by atoms with Crippen molar-refractivity contribution in [1.29, 1.82) is 0 Å². The Morgan fingerprint density at radius 3 is 2.66 bits per heavy atom. The summed E-state index contributed by atoms with van der Waals surface area (Å²) >= 11 is 0. The summed E-state index contributed by atoms with van der Waals surface area (Å²) in [5.74, 6) is -0.832. The molecular weight excluding hydrogens is 408 g/mol. The molecule has 0 aromatic heterocycles. The number of amides is 3. The normalized spacial score (nSPS) is 24.8. The molecule has 5 rings (SSSR count). The van der Waals surface area contributed by atoms with Crippen LogP contribution in [-0.4, -0.2) is 52.9 Å². The van der Waals surface area contributed by atoms with Crippen molar-refractivity contribution in [2.24, 2.45) is 0 Å². The number of imide groups is 1. The Morgan fingerprint density at radius 1 is 1.09 bits per heavy atom. The molecule has 8 nitrogen and oxygen atoms in total. The van der Waals surface area contributed by atoms with Crippen molar-refractivity contribution >= 4 is 17.7 Å². The maximum Gasteiger partial charge on any atom is 0.254 e. The SMILES string of the molecule is O=C1CCC(N2CC3=C(C=CCC3OCc3ccc(CN4C=CNC4)cc3)C2=O)C(=O)N1. The van der Waals surface area contributed by atoms with Crippen LogP contribution in [0.1, 0.15) is 30.4 Å². The van der Waals surface area contributed by atoms with E-state index in [0.29, 0.717) is 31.6 Å². The fourth-order valence-electron chi connectivity index (χ4n) is 4.60. The van der Waals surface area contributed by atoms with E-state index in [4.69, 9.17) is 4.74 Å².